The Labute approximate surface area is 266 Å². The number of aryl methyl sites for hydroxylation is 1. The Morgan fingerprint density at radius 2 is 1.61 bits per heavy atom. The van der Waals surface area contributed by atoms with Crippen molar-refractivity contribution in [2.45, 2.75) is 50.5 Å². The number of esters is 1. The van der Waals surface area contributed by atoms with E-state index in [2.05, 4.69) is 0 Å². The van der Waals surface area contributed by atoms with Crippen molar-refractivity contribution in [2.24, 2.45) is 0 Å². The fraction of sp³-hybridized carbons (Fsp3) is 0.353. The molecule has 0 radical (unpaired) electrons. The number of amides is 1. The van der Waals surface area contributed by atoms with Crippen molar-refractivity contribution in [2.75, 3.05) is 26.9 Å². The average Bonchev–Trinajstić information content (AvgIpc) is 3.53. The highest BCUT2D eigenvalue weighted by Gasteiger charge is 2.49. The Morgan fingerprint density at radius 3 is 2.20 bits per heavy atom. The maximum Gasteiger partial charge on any atom is 0.325 e. The van der Waals surface area contributed by atoms with Gasteiger partial charge in [0.25, 0.3) is 11.7 Å². The molecule has 1 aliphatic rings. The summed E-state index contributed by atoms with van der Waals surface area (Å²) in [6, 6.07) is 23.5. The van der Waals surface area contributed by atoms with E-state index in [-0.39, 0.29) is 6.61 Å². The first-order valence-electron chi connectivity index (χ1n) is 14.7. The lowest BCUT2D eigenvalue weighted by molar-refractivity contribution is -0.373. The van der Waals surface area contributed by atoms with Crippen LogP contribution in [0.2, 0.25) is 0 Å². The first-order chi connectivity index (χ1) is 22.1. The standard InChI is InChI=1S/C34H37NO11/c1-4-43-30(36)20-35(31(37)29-21-44-34(46-29,32(38)39)33(40)41)22(2)26(17-15-23-11-7-5-8-12-23)24-16-18-27(28(19-24)42-3)45-25-13-9-6-10-14-25/h5-14,16,18-19,22,26,29H,4,15,17,20-21H2,1-3H3,(H,38,39)(H,40,41)/p-2/t22-,26+,29+/m1/s1. The third kappa shape index (κ3) is 7.82. The summed E-state index contributed by atoms with van der Waals surface area (Å²) < 4.78 is 26.8. The Hall–Kier alpha value is -4.94. The highest BCUT2D eigenvalue weighted by molar-refractivity contribution is 5.99. The minimum atomic E-state index is -3.27. The summed E-state index contributed by atoms with van der Waals surface area (Å²) in [4.78, 5) is 51.0. The van der Waals surface area contributed by atoms with Gasteiger partial charge in [0.2, 0.25) is 0 Å². The molecule has 12 heteroatoms. The van der Waals surface area contributed by atoms with Crippen LogP contribution >= 0.6 is 0 Å². The van der Waals surface area contributed by atoms with Crippen molar-refractivity contribution in [1.82, 2.24) is 4.90 Å². The molecule has 46 heavy (non-hydrogen) atoms. The van der Waals surface area contributed by atoms with Gasteiger partial charge in [0, 0.05) is 12.0 Å². The van der Waals surface area contributed by atoms with Crippen LogP contribution in [0.1, 0.15) is 37.3 Å². The molecule has 3 atom stereocenters. The molecule has 1 saturated heterocycles. The number of carbonyl (C=O) groups is 4. The summed E-state index contributed by atoms with van der Waals surface area (Å²) in [5.74, 6) is -8.23. The number of rotatable bonds is 15. The van der Waals surface area contributed by atoms with Gasteiger partial charge in [0.05, 0.1) is 20.3 Å². The monoisotopic (exact) mass is 633 g/mol. The lowest BCUT2D eigenvalue weighted by Crippen LogP contribution is -2.61. The van der Waals surface area contributed by atoms with Crippen molar-refractivity contribution >= 4 is 23.8 Å². The van der Waals surface area contributed by atoms with E-state index in [9.17, 15) is 29.4 Å². The van der Waals surface area contributed by atoms with Crippen molar-refractivity contribution in [3.05, 3.63) is 90.0 Å². The number of benzene rings is 3. The quantitative estimate of drug-likeness (QED) is 0.176. The summed E-state index contributed by atoms with van der Waals surface area (Å²) >= 11 is 0. The van der Waals surface area contributed by atoms with Crippen LogP contribution < -0.4 is 19.7 Å². The topological polar surface area (TPSA) is 164 Å². The number of methoxy groups -OCH3 is 1. The highest BCUT2D eigenvalue weighted by atomic mass is 16.8. The van der Waals surface area contributed by atoms with Crippen molar-refractivity contribution in [3.63, 3.8) is 0 Å². The predicted molar refractivity (Wildman–Crippen MR) is 158 cm³/mol. The van der Waals surface area contributed by atoms with Gasteiger partial charge in [-0.1, -0.05) is 54.6 Å². The van der Waals surface area contributed by atoms with Crippen molar-refractivity contribution in [1.29, 1.82) is 0 Å². The predicted octanol–water partition coefficient (Wildman–Crippen LogP) is 1.60. The van der Waals surface area contributed by atoms with E-state index in [0.29, 0.717) is 30.1 Å². The number of aliphatic carboxylic acids is 2. The van der Waals surface area contributed by atoms with Crippen LogP contribution in [0.5, 0.6) is 17.2 Å². The lowest BCUT2D eigenvalue weighted by Gasteiger charge is -2.36. The zero-order valence-corrected chi connectivity index (χ0v) is 25.7. The second-order valence-corrected chi connectivity index (χ2v) is 10.6. The van der Waals surface area contributed by atoms with Gasteiger partial charge in [-0.05, 0) is 62.1 Å². The van der Waals surface area contributed by atoms with Crippen LogP contribution in [0.3, 0.4) is 0 Å². The number of nitrogens with zero attached hydrogens (tertiary/aromatic N) is 1. The van der Waals surface area contributed by atoms with Crippen molar-refractivity contribution < 1.29 is 53.1 Å². The molecule has 3 aromatic rings. The highest BCUT2D eigenvalue weighted by Crippen LogP contribution is 2.38. The normalized spacial score (nSPS) is 16.5. The van der Waals surface area contributed by atoms with Gasteiger partial charge in [0.1, 0.15) is 24.2 Å². The number of carboxylic acid groups (broad SMARTS) is 2. The number of hydrogen-bond acceptors (Lipinski definition) is 11. The SMILES string of the molecule is CCOC(=O)CN(C(=O)[C@@H]1COC(C(=O)[O-])(C(=O)[O-])O1)[C@H](C)[C@H](CCc1ccccc1)c1ccc(Oc2ccccc2)c(OC)c1. The smallest absolute Gasteiger partial charge is 0.325 e. The molecule has 1 fully saturated rings. The molecule has 1 amide bonds. The summed E-state index contributed by atoms with van der Waals surface area (Å²) in [5, 5.41) is 23.2. The Balaban J connectivity index is 1.70. The zero-order chi connectivity index (χ0) is 33.3. The minimum Gasteiger partial charge on any atom is -0.544 e. The van der Waals surface area contributed by atoms with Gasteiger partial charge in [0.15, 0.2) is 17.6 Å². The molecule has 0 saturated carbocycles. The second kappa shape index (κ2) is 15.4. The molecule has 0 bridgehead atoms. The zero-order valence-electron chi connectivity index (χ0n) is 25.7. The third-order valence-corrected chi connectivity index (χ3v) is 7.69. The molecule has 0 unspecified atom stereocenters. The van der Waals surface area contributed by atoms with Crippen LogP contribution in [0.25, 0.3) is 0 Å². The van der Waals surface area contributed by atoms with Gasteiger partial charge in [-0.15, -0.1) is 0 Å². The van der Waals surface area contributed by atoms with Gasteiger partial charge >= 0.3 is 5.97 Å². The van der Waals surface area contributed by atoms with Crippen LogP contribution in [0.15, 0.2) is 78.9 Å². The molecule has 3 aromatic carbocycles. The molecule has 1 heterocycles. The molecule has 0 N–H and O–H groups in total. The summed E-state index contributed by atoms with van der Waals surface area (Å²) in [6.45, 7) is 2.15. The van der Waals surface area contributed by atoms with Gasteiger partial charge in [-0.3, -0.25) is 9.59 Å². The largest absolute Gasteiger partial charge is 0.544 e. The van der Waals surface area contributed by atoms with E-state index in [0.717, 1.165) is 11.1 Å². The lowest BCUT2D eigenvalue weighted by atomic mass is 9.85. The molecule has 12 nitrogen and oxygen atoms in total. The summed E-state index contributed by atoms with van der Waals surface area (Å²) in [7, 11) is 1.51. The molecular weight excluding hydrogens is 598 g/mol. The summed E-state index contributed by atoms with van der Waals surface area (Å²) in [5.41, 5.74) is 1.80. The van der Waals surface area contributed by atoms with Crippen LogP contribution in [-0.2, 0) is 39.8 Å². The van der Waals surface area contributed by atoms with Gasteiger partial charge in [-0.2, -0.15) is 0 Å². The number of carboxylic acids is 2. The van der Waals surface area contributed by atoms with E-state index in [4.69, 9.17) is 23.7 Å². The Kier molecular flexibility index (Phi) is 11.3. The van der Waals surface area contributed by atoms with Gasteiger partial charge in [-0.25, -0.2) is 0 Å². The van der Waals surface area contributed by atoms with Crippen molar-refractivity contribution in [3.8, 4) is 17.2 Å². The first kappa shape index (κ1) is 33.9. The number of ether oxygens (including phenoxy) is 5. The van der Waals surface area contributed by atoms with Gasteiger partial charge < -0.3 is 48.4 Å². The molecular formula is C34H35NO11-2. The third-order valence-electron chi connectivity index (χ3n) is 7.69. The minimum absolute atomic E-state index is 0.0499. The van der Waals surface area contributed by atoms with E-state index < -0.39 is 60.8 Å². The molecule has 0 aromatic heterocycles. The van der Waals surface area contributed by atoms with Crippen LogP contribution in [0, 0.1) is 0 Å². The molecule has 1 aliphatic heterocycles. The van der Waals surface area contributed by atoms with Crippen LogP contribution in [0.4, 0.5) is 0 Å². The van der Waals surface area contributed by atoms with E-state index in [1.54, 1.807) is 38.1 Å². The number of hydrogen-bond donors (Lipinski definition) is 0. The number of para-hydroxylation sites is 1. The Morgan fingerprint density at radius 1 is 0.957 bits per heavy atom. The maximum absolute atomic E-state index is 13.9. The van der Waals surface area contributed by atoms with Crippen LogP contribution in [-0.4, -0.2) is 73.5 Å². The van der Waals surface area contributed by atoms with E-state index >= 15 is 0 Å². The molecule has 0 spiro atoms. The first-order valence-corrected chi connectivity index (χ1v) is 14.7. The number of carbonyl (C=O) groups excluding carboxylic acids is 4. The van der Waals surface area contributed by atoms with E-state index in [1.165, 1.54) is 12.0 Å². The molecule has 4 rings (SSSR count). The molecule has 244 valence electrons. The fourth-order valence-electron chi connectivity index (χ4n) is 5.32. The summed E-state index contributed by atoms with van der Waals surface area (Å²) in [6.07, 6.45) is -0.577. The average molecular weight is 634 g/mol. The molecule has 0 aliphatic carbocycles. The fourth-order valence-corrected chi connectivity index (χ4v) is 5.32. The second-order valence-electron chi connectivity index (χ2n) is 10.6. The maximum atomic E-state index is 13.9. The Bertz CT molecular complexity index is 1500. The van der Waals surface area contributed by atoms with E-state index in [1.807, 2.05) is 54.6 Å².